The number of benzene rings is 1. The van der Waals surface area contributed by atoms with Crippen LogP contribution in [-0.4, -0.2) is 60.5 Å². The van der Waals surface area contributed by atoms with Crippen LogP contribution in [0.1, 0.15) is 44.1 Å². The van der Waals surface area contributed by atoms with Crippen molar-refractivity contribution in [3.05, 3.63) is 17.7 Å². The molecule has 0 aromatic heterocycles. The molecule has 2 aliphatic rings. The van der Waals surface area contributed by atoms with Gasteiger partial charge in [-0.1, -0.05) is 37.4 Å². The molecule has 0 spiro atoms. The number of hydrazone groups is 1. The van der Waals surface area contributed by atoms with Gasteiger partial charge in [-0.15, -0.1) is 0 Å². The van der Waals surface area contributed by atoms with E-state index in [-0.39, 0.29) is 16.8 Å². The van der Waals surface area contributed by atoms with Crippen LogP contribution in [0.2, 0.25) is 0 Å². The zero-order chi connectivity index (χ0) is 21.2. The summed E-state index contributed by atoms with van der Waals surface area (Å²) in [5.41, 5.74) is -3.37. The van der Waals surface area contributed by atoms with E-state index < -0.39 is 34.9 Å². The van der Waals surface area contributed by atoms with Crippen LogP contribution in [-0.2, 0) is 0 Å². The van der Waals surface area contributed by atoms with Crippen molar-refractivity contribution in [2.75, 3.05) is 5.75 Å². The van der Waals surface area contributed by atoms with Crippen LogP contribution < -0.4 is 0 Å². The van der Waals surface area contributed by atoms with Gasteiger partial charge >= 0.3 is 6.18 Å². The lowest BCUT2D eigenvalue weighted by Gasteiger charge is -2.31. The van der Waals surface area contributed by atoms with Crippen LogP contribution in [0.15, 0.2) is 22.2 Å². The maximum Gasteiger partial charge on any atom is 0.439 e. The number of thioether (sulfide) groups is 1. The zero-order valence-electron chi connectivity index (χ0n) is 15.4. The monoisotopic (exact) mass is 433 g/mol. The van der Waals surface area contributed by atoms with Gasteiger partial charge in [-0.2, -0.15) is 18.3 Å². The molecule has 1 aromatic rings. The van der Waals surface area contributed by atoms with Crippen LogP contribution >= 0.6 is 11.8 Å². The van der Waals surface area contributed by atoms with Gasteiger partial charge in [0.1, 0.15) is 0 Å². The Kier molecular flexibility index (Phi) is 6.18. The molecule has 0 radical (unpaired) electrons. The van der Waals surface area contributed by atoms with Crippen LogP contribution in [0.4, 0.5) is 13.2 Å². The quantitative estimate of drug-likeness (QED) is 0.330. The summed E-state index contributed by atoms with van der Waals surface area (Å²) in [4.78, 5) is 4.43. The summed E-state index contributed by atoms with van der Waals surface area (Å²) in [7, 11) is 0. The van der Waals surface area contributed by atoms with E-state index in [0.717, 1.165) is 62.6 Å². The van der Waals surface area contributed by atoms with Crippen LogP contribution in [0.25, 0.3) is 0 Å². The van der Waals surface area contributed by atoms with E-state index >= 15 is 0 Å². The second-order valence-electron chi connectivity index (χ2n) is 7.09. The third-order valence-corrected chi connectivity index (χ3v) is 6.06. The number of phenolic OH excluding ortho intramolecular Hbond substituents is 3. The molecule has 1 saturated carbocycles. The molecule has 1 saturated heterocycles. The Morgan fingerprint density at radius 2 is 1.72 bits per heavy atom. The average Bonchev–Trinajstić information content (AvgIpc) is 2.83. The Morgan fingerprint density at radius 1 is 1.07 bits per heavy atom. The van der Waals surface area contributed by atoms with Gasteiger partial charge in [-0.25, -0.2) is 5.01 Å². The zero-order valence-corrected chi connectivity index (χ0v) is 16.2. The third-order valence-electron chi connectivity index (χ3n) is 4.98. The molecule has 2 fully saturated rings. The number of alkyl halides is 3. The average molecular weight is 433 g/mol. The number of hydrogen-bond acceptors (Lipinski definition) is 7. The van der Waals surface area contributed by atoms with Gasteiger partial charge in [0.25, 0.3) is 5.72 Å². The predicted molar refractivity (Wildman–Crippen MR) is 103 cm³/mol. The molecule has 11 heteroatoms. The molecule has 1 heterocycles. The van der Waals surface area contributed by atoms with Crippen molar-refractivity contribution in [1.82, 2.24) is 5.01 Å². The topological polar surface area (TPSA) is 109 Å². The number of halogens is 3. The Hall–Kier alpha value is -2.14. The summed E-state index contributed by atoms with van der Waals surface area (Å²) >= 11 is 0.770. The highest BCUT2D eigenvalue weighted by atomic mass is 32.2. The lowest BCUT2D eigenvalue weighted by Crippen LogP contribution is -2.56. The second-order valence-corrected chi connectivity index (χ2v) is 8.03. The van der Waals surface area contributed by atoms with Gasteiger partial charge in [-0.3, -0.25) is 4.99 Å². The number of nitrogens with zero attached hydrogens (tertiary/aromatic N) is 3. The summed E-state index contributed by atoms with van der Waals surface area (Å²) < 4.78 is 40.7. The standard InChI is InChI=1S/C18H22F3N3O4S/c19-18(20,21)17(28)10-29-16(23-12-5-3-1-2-4-6-12)24(17)22-9-11-7-8-13(25)15(27)14(11)26/h7-9,12,25-28H,1-6,10H2/b22-9+,23-16?. The lowest BCUT2D eigenvalue weighted by molar-refractivity contribution is -0.289. The summed E-state index contributed by atoms with van der Waals surface area (Å²) in [6, 6.07) is 2.09. The predicted octanol–water partition coefficient (Wildman–Crippen LogP) is 3.52. The van der Waals surface area contributed by atoms with Crippen LogP contribution in [0.5, 0.6) is 17.2 Å². The lowest BCUT2D eigenvalue weighted by atomic mass is 10.1. The molecule has 7 nitrogen and oxygen atoms in total. The molecule has 3 rings (SSSR count). The molecule has 1 unspecified atom stereocenters. The van der Waals surface area contributed by atoms with Gasteiger partial charge in [-0.05, 0) is 25.0 Å². The highest BCUT2D eigenvalue weighted by Crippen LogP contribution is 2.44. The first-order valence-corrected chi connectivity index (χ1v) is 10.2. The minimum atomic E-state index is -4.99. The minimum Gasteiger partial charge on any atom is -0.504 e. The van der Waals surface area contributed by atoms with Gasteiger partial charge in [0.2, 0.25) is 5.75 Å². The molecule has 160 valence electrons. The Bertz CT molecular complexity index is 810. The molecule has 1 atom stereocenters. The van der Waals surface area contributed by atoms with E-state index in [2.05, 4.69) is 10.1 Å². The first-order valence-electron chi connectivity index (χ1n) is 9.21. The number of amidine groups is 1. The molecular weight excluding hydrogens is 411 g/mol. The van der Waals surface area contributed by atoms with Crippen molar-refractivity contribution in [3.8, 4) is 17.2 Å². The maximum atomic E-state index is 13.6. The number of phenols is 3. The van der Waals surface area contributed by atoms with E-state index in [1.807, 2.05) is 0 Å². The largest absolute Gasteiger partial charge is 0.504 e. The Labute approximate surface area is 169 Å². The summed E-state index contributed by atoms with van der Waals surface area (Å²) in [6.07, 6.45) is 1.42. The number of aliphatic hydroxyl groups is 1. The molecule has 4 N–H and O–H groups in total. The van der Waals surface area contributed by atoms with Gasteiger partial charge in [0, 0.05) is 5.56 Å². The van der Waals surface area contributed by atoms with Gasteiger partial charge < -0.3 is 20.4 Å². The molecule has 1 aliphatic heterocycles. The smallest absolute Gasteiger partial charge is 0.439 e. The van der Waals surface area contributed by atoms with Crippen molar-refractivity contribution in [2.45, 2.75) is 56.5 Å². The summed E-state index contributed by atoms with van der Waals surface area (Å²) in [5.74, 6) is -2.83. The van der Waals surface area contributed by atoms with Crippen molar-refractivity contribution in [1.29, 1.82) is 0 Å². The first kappa shape index (κ1) is 21.6. The maximum absolute atomic E-state index is 13.6. The molecule has 29 heavy (non-hydrogen) atoms. The molecular formula is C18H22F3N3O4S. The molecule has 1 aliphatic carbocycles. The van der Waals surface area contributed by atoms with Crippen LogP contribution in [0.3, 0.4) is 0 Å². The highest BCUT2D eigenvalue weighted by molar-refractivity contribution is 8.14. The summed E-state index contributed by atoms with van der Waals surface area (Å²) in [6.45, 7) is 0. The first-order chi connectivity index (χ1) is 13.6. The van der Waals surface area contributed by atoms with Crippen LogP contribution in [0, 0.1) is 0 Å². The van der Waals surface area contributed by atoms with Crippen molar-refractivity contribution < 1.29 is 33.6 Å². The van der Waals surface area contributed by atoms with E-state index in [1.165, 1.54) is 6.07 Å². The van der Waals surface area contributed by atoms with E-state index in [4.69, 9.17) is 0 Å². The Balaban J connectivity index is 1.95. The van der Waals surface area contributed by atoms with Gasteiger partial charge in [0.05, 0.1) is 18.0 Å². The van der Waals surface area contributed by atoms with Crippen molar-refractivity contribution in [2.24, 2.45) is 10.1 Å². The van der Waals surface area contributed by atoms with Gasteiger partial charge in [0.15, 0.2) is 16.7 Å². The Morgan fingerprint density at radius 3 is 2.34 bits per heavy atom. The van der Waals surface area contributed by atoms with Crippen molar-refractivity contribution in [3.63, 3.8) is 0 Å². The van der Waals surface area contributed by atoms with E-state index in [0.29, 0.717) is 5.01 Å². The second kappa shape index (κ2) is 8.31. The fourth-order valence-electron chi connectivity index (χ4n) is 3.24. The third kappa shape index (κ3) is 4.40. The number of rotatable bonds is 3. The number of hydrogen-bond donors (Lipinski definition) is 4. The van der Waals surface area contributed by atoms with Crippen molar-refractivity contribution >= 4 is 23.1 Å². The summed E-state index contributed by atoms with van der Waals surface area (Å²) in [5, 5.41) is 43.2. The molecule has 0 bridgehead atoms. The normalized spacial score (nSPS) is 25.8. The van der Waals surface area contributed by atoms with E-state index in [9.17, 15) is 33.6 Å². The number of aromatic hydroxyl groups is 3. The SMILES string of the molecule is Oc1ccc(/C=N/N2C(=NC3CCCCCC3)SCC2(O)C(F)(F)F)c(O)c1O. The minimum absolute atomic E-state index is 0.0459. The highest BCUT2D eigenvalue weighted by Gasteiger charge is 2.63. The molecule has 0 amide bonds. The molecule has 1 aromatic carbocycles. The fourth-order valence-corrected chi connectivity index (χ4v) is 4.40. The fraction of sp³-hybridized carbons (Fsp3) is 0.556. The number of aliphatic imine (C=N–C) groups is 1. The van der Waals surface area contributed by atoms with E-state index in [1.54, 1.807) is 0 Å².